The van der Waals surface area contributed by atoms with E-state index in [0.29, 0.717) is 0 Å². The van der Waals surface area contributed by atoms with Crippen molar-refractivity contribution in [3.8, 4) is 23.0 Å². The summed E-state index contributed by atoms with van der Waals surface area (Å²) in [5.41, 5.74) is 11.1. The first kappa shape index (κ1) is 24.1. The van der Waals surface area contributed by atoms with Crippen LogP contribution >= 0.6 is 0 Å². The molecule has 6 unspecified atom stereocenters. The van der Waals surface area contributed by atoms with Crippen molar-refractivity contribution >= 4 is 35.4 Å². The average Bonchev–Trinajstić information content (AvgIpc) is 3.76. The third kappa shape index (κ3) is 3.30. The molecule has 10 rings (SSSR count). The Labute approximate surface area is 254 Å². The molecule has 4 aromatic rings. The Morgan fingerprint density at radius 3 is 1.50 bits per heavy atom. The standard InChI is InChI=1S/C34H30N8O2/c1-5-13-28-22(9-1)41(23-10-2-6-14-29(23)43-28)21-17-26-32(40-20-36-38-34(40)33-37-35-19-39(26)33)27(18-21)42-24-11-3-7-15-30(24)44-31-16-8-4-12-25(31)42/h1-16,19-21,26-27,32-34,37-38H,17-18H2. The summed E-state index contributed by atoms with van der Waals surface area (Å²) in [4.78, 5) is 9.90. The lowest BCUT2D eigenvalue weighted by Gasteiger charge is -2.59. The fourth-order valence-electron chi connectivity index (χ4n) is 8.22. The maximum Gasteiger partial charge on any atom is 0.157 e. The van der Waals surface area contributed by atoms with Crippen LogP contribution in [0.15, 0.2) is 107 Å². The maximum absolute atomic E-state index is 6.46. The van der Waals surface area contributed by atoms with Crippen LogP contribution in [0.25, 0.3) is 0 Å². The summed E-state index contributed by atoms with van der Waals surface area (Å²) < 4.78 is 12.9. The molecule has 1 saturated heterocycles. The topological polar surface area (TPSA) is 80.2 Å². The van der Waals surface area contributed by atoms with E-state index in [-0.39, 0.29) is 36.5 Å². The SMILES string of the molecule is C1=NNC2C3NN=CN3C3C(N4c5ccccc5Oc5ccccc54)CC(N4c5ccccc5Oc5ccccc54)CC3N12. The first-order valence-corrected chi connectivity index (χ1v) is 15.3. The number of anilines is 4. The summed E-state index contributed by atoms with van der Waals surface area (Å²) in [6, 6.07) is 34.1. The molecule has 2 N–H and O–H groups in total. The smallest absolute Gasteiger partial charge is 0.157 e. The zero-order valence-electron chi connectivity index (χ0n) is 23.8. The Morgan fingerprint density at radius 1 is 0.523 bits per heavy atom. The van der Waals surface area contributed by atoms with Crippen molar-refractivity contribution in [3.05, 3.63) is 97.1 Å². The van der Waals surface area contributed by atoms with E-state index in [1.54, 1.807) is 0 Å². The summed E-state index contributed by atoms with van der Waals surface area (Å²) in [6.07, 6.45) is 5.75. The van der Waals surface area contributed by atoms with Gasteiger partial charge in [-0.3, -0.25) is 10.9 Å². The molecule has 6 aliphatic rings. The number of nitrogens with zero attached hydrogens (tertiary/aromatic N) is 6. The molecule has 0 radical (unpaired) electrons. The highest BCUT2D eigenvalue weighted by Gasteiger charge is 2.57. The maximum atomic E-state index is 6.46. The van der Waals surface area contributed by atoms with Gasteiger partial charge >= 0.3 is 0 Å². The van der Waals surface area contributed by atoms with E-state index < -0.39 is 0 Å². The first-order valence-electron chi connectivity index (χ1n) is 15.3. The molecule has 1 aliphatic carbocycles. The minimum Gasteiger partial charge on any atom is -0.453 e. The number of benzene rings is 4. The van der Waals surface area contributed by atoms with E-state index in [9.17, 15) is 0 Å². The van der Waals surface area contributed by atoms with Crippen molar-refractivity contribution < 1.29 is 9.47 Å². The highest BCUT2D eigenvalue weighted by atomic mass is 16.5. The van der Waals surface area contributed by atoms with Crippen LogP contribution in [0.1, 0.15) is 12.8 Å². The number of nitrogens with one attached hydrogen (secondary N) is 2. The molecule has 0 bridgehead atoms. The molecule has 44 heavy (non-hydrogen) atoms. The van der Waals surface area contributed by atoms with Crippen molar-refractivity contribution in [1.29, 1.82) is 0 Å². The Hall–Kier alpha value is -5.38. The van der Waals surface area contributed by atoms with Gasteiger partial charge in [0.15, 0.2) is 35.3 Å². The van der Waals surface area contributed by atoms with Crippen LogP contribution in [0.5, 0.6) is 23.0 Å². The minimum atomic E-state index is -0.0332. The third-order valence-electron chi connectivity index (χ3n) is 9.92. The molecular weight excluding hydrogens is 552 g/mol. The lowest BCUT2D eigenvalue weighted by Crippen LogP contribution is -2.76. The Morgan fingerprint density at radius 2 is 0.955 bits per heavy atom. The van der Waals surface area contributed by atoms with E-state index in [0.717, 1.165) is 58.6 Å². The van der Waals surface area contributed by atoms with Gasteiger partial charge in [-0.15, -0.1) is 0 Å². The van der Waals surface area contributed by atoms with Gasteiger partial charge < -0.3 is 29.1 Å². The van der Waals surface area contributed by atoms with Gasteiger partial charge in [0.1, 0.15) is 12.7 Å². The van der Waals surface area contributed by atoms with Crippen LogP contribution in [-0.2, 0) is 0 Å². The number of piperazine rings is 1. The molecule has 6 atom stereocenters. The molecule has 2 fully saturated rings. The molecule has 1 saturated carbocycles. The van der Waals surface area contributed by atoms with Crippen LogP contribution in [0, 0.1) is 0 Å². The second kappa shape index (κ2) is 9.06. The largest absolute Gasteiger partial charge is 0.453 e. The van der Waals surface area contributed by atoms with Gasteiger partial charge in [0.25, 0.3) is 0 Å². The van der Waals surface area contributed by atoms with E-state index in [1.807, 2.05) is 36.9 Å². The van der Waals surface area contributed by atoms with E-state index in [1.165, 1.54) is 0 Å². The van der Waals surface area contributed by atoms with Crippen molar-refractivity contribution in [1.82, 2.24) is 20.7 Å². The number of ether oxygens (including phenoxy) is 2. The van der Waals surface area contributed by atoms with Crippen molar-refractivity contribution in [2.75, 3.05) is 9.80 Å². The zero-order valence-corrected chi connectivity index (χ0v) is 23.8. The zero-order chi connectivity index (χ0) is 28.8. The number of para-hydroxylation sites is 8. The van der Waals surface area contributed by atoms with Gasteiger partial charge in [0.2, 0.25) is 0 Å². The second-order valence-electron chi connectivity index (χ2n) is 12.1. The van der Waals surface area contributed by atoms with Crippen LogP contribution in [-0.4, -0.2) is 59.0 Å². The van der Waals surface area contributed by atoms with Crippen LogP contribution in [0.2, 0.25) is 0 Å². The molecular formula is C34H30N8O2. The quantitative estimate of drug-likeness (QED) is 0.321. The van der Waals surface area contributed by atoms with Gasteiger partial charge in [-0.1, -0.05) is 48.5 Å². The monoisotopic (exact) mass is 582 g/mol. The Balaban J connectivity index is 1.17. The Bertz CT molecular complexity index is 1750. The molecule has 5 heterocycles. The van der Waals surface area contributed by atoms with E-state index in [2.05, 4.69) is 113 Å². The van der Waals surface area contributed by atoms with Gasteiger partial charge in [-0.05, 0) is 61.4 Å². The van der Waals surface area contributed by atoms with Gasteiger partial charge in [0.05, 0.1) is 40.9 Å². The van der Waals surface area contributed by atoms with Gasteiger partial charge in [-0.2, -0.15) is 10.2 Å². The number of hydrogen-bond donors (Lipinski definition) is 2. The fraction of sp³-hybridized carbons (Fsp3) is 0.235. The molecule has 10 nitrogen and oxygen atoms in total. The summed E-state index contributed by atoms with van der Waals surface area (Å²) in [7, 11) is 0. The lowest BCUT2D eigenvalue weighted by molar-refractivity contribution is -0.0174. The van der Waals surface area contributed by atoms with Crippen molar-refractivity contribution in [2.45, 2.75) is 49.3 Å². The summed E-state index contributed by atoms with van der Waals surface area (Å²) >= 11 is 0. The van der Waals surface area contributed by atoms with Crippen LogP contribution < -0.4 is 30.1 Å². The number of hydrazone groups is 2. The first-order chi connectivity index (χ1) is 21.8. The number of rotatable bonds is 2. The normalized spacial score (nSPS) is 28.2. The van der Waals surface area contributed by atoms with E-state index in [4.69, 9.17) is 9.47 Å². The highest BCUT2D eigenvalue weighted by Crippen LogP contribution is 2.54. The molecule has 5 aliphatic heterocycles. The molecule has 0 spiro atoms. The average molecular weight is 583 g/mol. The molecule has 0 aromatic heterocycles. The predicted molar refractivity (Wildman–Crippen MR) is 169 cm³/mol. The lowest BCUT2D eigenvalue weighted by atomic mass is 9.76. The predicted octanol–water partition coefficient (Wildman–Crippen LogP) is 5.51. The van der Waals surface area contributed by atoms with Gasteiger partial charge in [0, 0.05) is 6.04 Å². The van der Waals surface area contributed by atoms with Crippen LogP contribution in [0.4, 0.5) is 22.7 Å². The number of hydrogen-bond acceptors (Lipinski definition) is 10. The summed E-state index contributed by atoms with van der Waals surface area (Å²) in [6.45, 7) is 0. The molecule has 4 aromatic carbocycles. The van der Waals surface area contributed by atoms with Gasteiger partial charge in [-0.25, -0.2) is 0 Å². The van der Waals surface area contributed by atoms with E-state index >= 15 is 0 Å². The van der Waals surface area contributed by atoms with Crippen molar-refractivity contribution in [2.24, 2.45) is 10.2 Å². The summed E-state index contributed by atoms with van der Waals surface area (Å²) in [5.74, 6) is 3.51. The molecule has 10 heteroatoms. The summed E-state index contributed by atoms with van der Waals surface area (Å²) in [5, 5.41) is 9.13. The molecule has 0 amide bonds. The Kier molecular flexibility index (Phi) is 4.96. The fourth-order valence-corrected chi connectivity index (χ4v) is 8.22. The third-order valence-corrected chi connectivity index (χ3v) is 9.92. The van der Waals surface area contributed by atoms with Crippen LogP contribution in [0.3, 0.4) is 0 Å². The highest BCUT2D eigenvalue weighted by molar-refractivity contribution is 5.81. The second-order valence-corrected chi connectivity index (χ2v) is 12.1. The number of fused-ring (bicyclic) bond motifs is 10. The minimum absolute atomic E-state index is 0.0216. The van der Waals surface area contributed by atoms with Crippen molar-refractivity contribution in [3.63, 3.8) is 0 Å². The molecule has 218 valence electrons.